The molecule has 1 fully saturated rings. The molecule has 2 amide bonds. The third kappa shape index (κ3) is 6.73. The first-order chi connectivity index (χ1) is 14.8. The first kappa shape index (κ1) is 23.1. The van der Waals surface area contributed by atoms with Crippen molar-refractivity contribution < 1.29 is 14.3 Å². The summed E-state index contributed by atoms with van der Waals surface area (Å²) in [6, 6.07) is 15.3. The number of benzene rings is 2. The fourth-order valence-corrected chi connectivity index (χ4v) is 3.80. The normalized spacial score (nSPS) is 15.6. The molecule has 2 aromatic carbocycles. The first-order valence-electron chi connectivity index (χ1n) is 10.9. The molecule has 0 saturated carbocycles. The van der Waals surface area contributed by atoms with Crippen molar-refractivity contribution in [2.24, 2.45) is 0 Å². The predicted octanol–water partition coefficient (Wildman–Crippen LogP) is 4.58. The summed E-state index contributed by atoms with van der Waals surface area (Å²) in [5.74, 6) is 1.13. The van der Waals surface area contributed by atoms with Gasteiger partial charge in [0.25, 0.3) is 5.91 Å². The summed E-state index contributed by atoms with van der Waals surface area (Å²) in [6.45, 7) is 7.33. The van der Waals surface area contributed by atoms with E-state index in [1.165, 1.54) is 5.56 Å². The smallest absolute Gasteiger partial charge is 0.260 e. The zero-order valence-electron chi connectivity index (χ0n) is 18.4. The zero-order chi connectivity index (χ0) is 22.4. The van der Waals surface area contributed by atoms with Crippen LogP contribution >= 0.6 is 11.6 Å². The molecular formula is C25H31ClN2O3. The second-order valence-corrected chi connectivity index (χ2v) is 8.89. The zero-order valence-corrected chi connectivity index (χ0v) is 19.2. The maximum absolute atomic E-state index is 12.5. The van der Waals surface area contributed by atoms with Gasteiger partial charge in [-0.2, -0.15) is 0 Å². The number of rotatable bonds is 7. The molecule has 1 unspecified atom stereocenters. The monoisotopic (exact) mass is 442 g/mol. The lowest BCUT2D eigenvalue weighted by molar-refractivity contribution is -0.132. The number of amides is 2. The topological polar surface area (TPSA) is 58.6 Å². The van der Waals surface area contributed by atoms with Crippen molar-refractivity contribution in [1.82, 2.24) is 10.2 Å². The van der Waals surface area contributed by atoms with Crippen LogP contribution in [0.1, 0.15) is 50.7 Å². The maximum atomic E-state index is 12.5. The molecule has 2 aromatic rings. The van der Waals surface area contributed by atoms with Crippen LogP contribution in [0.2, 0.25) is 5.02 Å². The number of nitrogens with one attached hydrogen (secondary N) is 1. The van der Waals surface area contributed by atoms with E-state index >= 15 is 0 Å². The molecule has 1 heterocycles. The number of carbonyl (C=O) groups excluding carboxylic acids is 2. The summed E-state index contributed by atoms with van der Waals surface area (Å²) in [6.07, 6.45) is 1.28. The van der Waals surface area contributed by atoms with Crippen LogP contribution in [0.3, 0.4) is 0 Å². The minimum absolute atomic E-state index is 0.0569. The molecule has 1 atom stereocenters. The van der Waals surface area contributed by atoms with Gasteiger partial charge in [0.2, 0.25) is 5.91 Å². The van der Waals surface area contributed by atoms with Gasteiger partial charge in [-0.3, -0.25) is 9.59 Å². The number of nitrogens with zero attached hydrogens (tertiary/aromatic N) is 1. The second kappa shape index (κ2) is 10.7. The van der Waals surface area contributed by atoms with E-state index in [1.54, 1.807) is 19.1 Å². The van der Waals surface area contributed by atoms with E-state index in [2.05, 4.69) is 19.2 Å². The van der Waals surface area contributed by atoms with E-state index < -0.39 is 6.10 Å². The number of likely N-dealkylation sites (tertiary alicyclic amines) is 1. The minimum Gasteiger partial charge on any atom is -0.481 e. The lowest BCUT2D eigenvalue weighted by Crippen LogP contribution is -2.49. The Hall–Kier alpha value is -2.53. The summed E-state index contributed by atoms with van der Waals surface area (Å²) in [5.41, 5.74) is 2.19. The van der Waals surface area contributed by atoms with Gasteiger partial charge in [-0.15, -0.1) is 0 Å². The standard InChI is InChI=1S/C25H31ClN2O3/c1-17(2)20-6-10-23(11-7-20)31-18(3)25(30)27-22-12-14-28(15-13-22)24(29)16-19-4-8-21(26)9-5-19/h4-11,17-18,22H,12-16H2,1-3H3,(H,27,30). The fraction of sp³-hybridized carbons (Fsp3) is 0.440. The Labute approximate surface area is 189 Å². The van der Waals surface area contributed by atoms with Crippen molar-refractivity contribution in [2.45, 2.75) is 58.1 Å². The lowest BCUT2D eigenvalue weighted by Gasteiger charge is -2.33. The van der Waals surface area contributed by atoms with E-state index in [-0.39, 0.29) is 17.9 Å². The Bertz CT molecular complexity index is 873. The molecule has 31 heavy (non-hydrogen) atoms. The molecule has 166 valence electrons. The average molecular weight is 443 g/mol. The molecule has 0 aromatic heterocycles. The van der Waals surface area contributed by atoms with E-state index in [1.807, 2.05) is 41.3 Å². The average Bonchev–Trinajstić information content (AvgIpc) is 2.76. The van der Waals surface area contributed by atoms with Crippen molar-refractivity contribution >= 4 is 23.4 Å². The molecule has 6 heteroatoms. The van der Waals surface area contributed by atoms with Crippen LogP contribution in [0.15, 0.2) is 48.5 Å². The molecule has 1 aliphatic heterocycles. The Morgan fingerprint density at radius 3 is 2.23 bits per heavy atom. The molecule has 0 aliphatic carbocycles. The lowest BCUT2D eigenvalue weighted by atomic mass is 10.0. The Morgan fingerprint density at radius 2 is 1.65 bits per heavy atom. The molecule has 5 nitrogen and oxygen atoms in total. The van der Waals surface area contributed by atoms with Crippen LogP contribution in [0.25, 0.3) is 0 Å². The number of piperidine rings is 1. The van der Waals surface area contributed by atoms with Crippen molar-refractivity contribution in [3.05, 3.63) is 64.7 Å². The number of hydrogen-bond donors (Lipinski definition) is 1. The third-order valence-electron chi connectivity index (χ3n) is 5.69. The number of carbonyl (C=O) groups is 2. The molecule has 3 rings (SSSR count). The summed E-state index contributed by atoms with van der Waals surface area (Å²) in [4.78, 5) is 27.0. The van der Waals surface area contributed by atoms with Crippen molar-refractivity contribution in [3.8, 4) is 5.75 Å². The van der Waals surface area contributed by atoms with E-state index in [0.717, 1.165) is 18.4 Å². The minimum atomic E-state index is -0.575. The quantitative estimate of drug-likeness (QED) is 0.682. The number of ether oxygens (including phenoxy) is 1. The first-order valence-corrected chi connectivity index (χ1v) is 11.3. The summed E-state index contributed by atoms with van der Waals surface area (Å²) in [5, 5.41) is 3.73. The van der Waals surface area contributed by atoms with Crippen LogP contribution in [0, 0.1) is 0 Å². The van der Waals surface area contributed by atoms with Crippen LogP contribution in [0.5, 0.6) is 5.75 Å². The molecule has 0 radical (unpaired) electrons. The van der Waals surface area contributed by atoms with Crippen molar-refractivity contribution in [3.63, 3.8) is 0 Å². The van der Waals surface area contributed by atoms with Crippen LogP contribution < -0.4 is 10.1 Å². The van der Waals surface area contributed by atoms with E-state index in [0.29, 0.717) is 36.2 Å². The molecule has 1 aliphatic rings. The van der Waals surface area contributed by atoms with Gasteiger partial charge in [-0.05, 0) is 61.1 Å². The number of hydrogen-bond acceptors (Lipinski definition) is 3. The molecular weight excluding hydrogens is 412 g/mol. The molecule has 1 N–H and O–H groups in total. The van der Waals surface area contributed by atoms with Crippen LogP contribution in [-0.2, 0) is 16.0 Å². The van der Waals surface area contributed by atoms with Gasteiger partial charge in [0, 0.05) is 24.2 Å². The van der Waals surface area contributed by atoms with Gasteiger partial charge < -0.3 is 15.0 Å². The molecule has 0 spiro atoms. The number of halogens is 1. The highest BCUT2D eigenvalue weighted by molar-refractivity contribution is 6.30. The van der Waals surface area contributed by atoms with Gasteiger partial charge in [0.15, 0.2) is 6.10 Å². The van der Waals surface area contributed by atoms with Gasteiger partial charge in [0.1, 0.15) is 5.75 Å². The summed E-state index contributed by atoms with van der Waals surface area (Å²) >= 11 is 5.90. The van der Waals surface area contributed by atoms with E-state index in [9.17, 15) is 9.59 Å². The SMILES string of the molecule is CC(Oc1ccc(C(C)C)cc1)C(=O)NC1CCN(C(=O)Cc2ccc(Cl)cc2)CC1. The fourth-order valence-electron chi connectivity index (χ4n) is 3.67. The Balaban J connectivity index is 1.42. The van der Waals surface area contributed by atoms with Crippen molar-refractivity contribution in [1.29, 1.82) is 0 Å². The highest BCUT2D eigenvalue weighted by atomic mass is 35.5. The maximum Gasteiger partial charge on any atom is 0.260 e. The van der Waals surface area contributed by atoms with Crippen LogP contribution in [0.4, 0.5) is 0 Å². The summed E-state index contributed by atoms with van der Waals surface area (Å²) < 4.78 is 5.80. The van der Waals surface area contributed by atoms with Crippen LogP contribution in [-0.4, -0.2) is 41.9 Å². The second-order valence-electron chi connectivity index (χ2n) is 8.45. The summed E-state index contributed by atoms with van der Waals surface area (Å²) in [7, 11) is 0. The highest BCUT2D eigenvalue weighted by Gasteiger charge is 2.25. The van der Waals surface area contributed by atoms with Gasteiger partial charge in [-0.1, -0.05) is 49.7 Å². The van der Waals surface area contributed by atoms with Gasteiger partial charge >= 0.3 is 0 Å². The van der Waals surface area contributed by atoms with Gasteiger partial charge in [-0.25, -0.2) is 0 Å². The third-order valence-corrected chi connectivity index (χ3v) is 5.94. The highest BCUT2D eigenvalue weighted by Crippen LogP contribution is 2.20. The predicted molar refractivity (Wildman–Crippen MR) is 124 cm³/mol. The molecule has 1 saturated heterocycles. The van der Waals surface area contributed by atoms with Gasteiger partial charge in [0.05, 0.1) is 6.42 Å². The Morgan fingerprint density at radius 1 is 1.03 bits per heavy atom. The largest absolute Gasteiger partial charge is 0.481 e. The Kier molecular flexibility index (Phi) is 7.97. The molecule has 0 bridgehead atoms. The van der Waals surface area contributed by atoms with Crippen molar-refractivity contribution in [2.75, 3.05) is 13.1 Å². The van der Waals surface area contributed by atoms with E-state index in [4.69, 9.17) is 16.3 Å².